The van der Waals surface area contributed by atoms with Crippen molar-refractivity contribution < 1.29 is 14.1 Å². The molecule has 0 spiro atoms. The third-order valence-electron chi connectivity index (χ3n) is 5.49. The molecule has 0 saturated carbocycles. The molecule has 6 heteroatoms. The van der Waals surface area contributed by atoms with E-state index in [0.717, 1.165) is 42.5 Å². The highest BCUT2D eigenvalue weighted by Gasteiger charge is 2.22. The number of ether oxygens (including phenoxy) is 1. The van der Waals surface area contributed by atoms with E-state index >= 15 is 0 Å². The second-order valence-corrected chi connectivity index (χ2v) is 8.08. The Morgan fingerprint density at radius 3 is 2.57 bits per heavy atom. The van der Waals surface area contributed by atoms with Gasteiger partial charge in [0.2, 0.25) is 11.2 Å². The fraction of sp³-hybridized carbons (Fsp3) is 0.292. The van der Waals surface area contributed by atoms with Crippen LogP contribution in [0.1, 0.15) is 24.4 Å². The average molecular weight is 426 g/mol. The number of benzene rings is 2. The van der Waals surface area contributed by atoms with Gasteiger partial charge in [0.25, 0.3) is 0 Å². The second kappa shape index (κ2) is 9.37. The van der Waals surface area contributed by atoms with E-state index < -0.39 is 0 Å². The van der Waals surface area contributed by atoms with Crippen molar-refractivity contribution in [2.24, 2.45) is 0 Å². The third kappa shape index (κ3) is 5.04. The van der Waals surface area contributed by atoms with Gasteiger partial charge in [0.15, 0.2) is 5.76 Å². The van der Waals surface area contributed by atoms with Crippen molar-refractivity contribution in [3.63, 3.8) is 0 Å². The smallest absolute Gasteiger partial charge is 0.227 e. The van der Waals surface area contributed by atoms with E-state index in [9.17, 15) is 4.79 Å². The number of nitrogens with one attached hydrogen (secondary N) is 1. The largest absolute Gasteiger partial charge is 0.479 e. The minimum absolute atomic E-state index is 0.143. The van der Waals surface area contributed by atoms with Crippen LogP contribution < -0.4 is 20.0 Å². The van der Waals surface area contributed by atoms with E-state index in [1.165, 1.54) is 11.2 Å². The molecule has 1 saturated heterocycles. The van der Waals surface area contributed by atoms with E-state index in [2.05, 4.69) is 11.0 Å². The van der Waals surface area contributed by atoms with Gasteiger partial charge < -0.3 is 19.0 Å². The molecule has 30 heavy (non-hydrogen) atoms. The van der Waals surface area contributed by atoms with Crippen molar-refractivity contribution in [3.05, 3.63) is 93.5 Å². The summed E-state index contributed by atoms with van der Waals surface area (Å²) in [6.45, 7) is 6.43. The predicted octanol–water partition coefficient (Wildman–Crippen LogP) is 3.34. The molecule has 2 aromatic carbocycles. The van der Waals surface area contributed by atoms with Crippen LogP contribution in [0.15, 0.2) is 76.1 Å². The predicted molar refractivity (Wildman–Crippen MR) is 119 cm³/mol. The molecule has 3 aromatic rings. The quantitative estimate of drug-likeness (QED) is 0.658. The van der Waals surface area contributed by atoms with Crippen LogP contribution in [-0.4, -0.2) is 26.2 Å². The normalized spacial score (nSPS) is 15.7. The molecule has 0 radical (unpaired) electrons. The zero-order valence-electron chi connectivity index (χ0n) is 17.0. The van der Waals surface area contributed by atoms with Crippen molar-refractivity contribution >= 4 is 17.3 Å². The van der Waals surface area contributed by atoms with Crippen LogP contribution in [0.3, 0.4) is 0 Å². The van der Waals surface area contributed by atoms with E-state index in [0.29, 0.717) is 12.3 Å². The van der Waals surface area contributed by atoms with Gasteiger partial charge in [0.1, 0.15) is 18.9 Å². The monoisotopic (exact) mass is 425 g/mol. The minimum atomic E-state index is -0.217. The lowest BCUT2D eigenvalue weighted by Crippen LogP contribution is -3.13. The van der Waals surface area contributed by atoms with E-state index in [-0.39, 0.29) is 17.3 Å². The van der Waals surface area contributed by atoms with Crippen LogP contribution in [0.5, 0.6) is 5.75 Å². The number of hydrogen-bond acceptors (Lipinski definition) is 4. The molecule has 1 aromatic heterocycles. The van der Waals surface area contributed by atoms with Gasteiger partial charge in [0, 0.05) is 16.8 Å². The van der Waals surface area contributed by atoms with E-state index in [1.54, 1.807) is 6.07 Å². The van der Waals surface area contributed by atoms with Gasteiger partial charge in [-0.25, -0.2) is 0 Å². The maximum absolute atomic E-state index is 12.5. The molecule has 0 amide bonds. The van der Waals surface area contributed by atoms with Crippen molar-refractivity contribution in [1.82, 2.24) is 0 Å². The summed E-state index contributed by atoms with van der Waals surface area (Å²) in [6, 6.07) is 19.3. The first-order valence-electron chi connectivity index (χ1n) is 10.3. The Morgan fingerprint density at radius 1 is 1.10 bits per heavy atom. The Hall–Kier alpha value is -2.76. The standard InChI is InChI=1S/C24H25ClN2O3/c1-18(19-6-3-2-4-7-19)30-24-17-29-22(15-23(24)28)16-26-10-12-27(13-11-26)21-9-5-8-20(25)14-21/h2-9,14-15,17-18H,10-13,16H2,1H3/p+1/t18-/m1/s1. The van der Waals surface area contributed by atoms with Crippen molar-refractivity contribution in [1.29, 1.82) is 0 Å². The fourth-order valence-corrected chi connectivity index (χ4v) is 3.96. The molecule has 5 nitrogen and oxygen atoms in total. The lowest BCUT2D eigenvalue weighted by Gasteiger charge is -2.33. The number of hydrogen-bond donors (Lipinski definition) is 1. The summed E-state index contributed by atoms with van der Waals surface area (Å²) >= 11 is 6.11. The van der Waals surface area contributed by atoms with Gasteiger partial charge in [-0.3, -0.25) is 4.79 Å². The van der Waals surface area contributed by atoms with Gasteiger partial charge in [-0.15, -0.1) is 0 Å². The third-order valence-corrected chi connectivity index (χ3v) is 5.73. The molecular formula is C24H26ClN2O3+. The highest BCUT2D eigenvalue weighted by Crippen LogP contribution is 2.20. The molecule has 1 N–H and O–H groups in total. The number of nitrogens with zero attached hydrogens (tertiary/aromatic N) is 1. The molecule has 2 heterocycles. The van der Waals surface area contributed by atoms with Crippen molar-refractivity contribution in [2.45, 2.75) is 19.6 Å². The maximum atomic E-state index is 12.5. The summed E-state index contributed by atoms with van der Waals surface area (Å²) in [5.74, 6) is 0.932. The number of quaternary nitrogens is 1. The van der Waals surface area contributed by atoms with Crippen LogP contribution in [0, 0.1) is 0 Å². The topological polar surface area (TPSA) is 47.1 Å². The lowest BCUT2D eigenvalue weighted by atomic mass is 10.1. The maximum Gasteiger partial charge on any atom is 0.227 e. The summed E-state index contributed by atoms with van der Waals surface area (Å²) in [5.41, 5.74) is 2.03. The lowest BCUT2D eigenvalue weighted by molar-refractivity contribution is -0.915. The SMILES string of the molecule is C[C@@H](Oc1coc(C[NH+]2CCN(c3cccc(Cl)c3)CC2)cc1=O)c1ccccc1. The van der Waals surface area contributed by atoms with Crippen LogP contribution >= 0.6 is 11.6 Å². The first-order valence-corrected chi connectivity index (χ1v) is 10.6. The van der Waals surface area contributed by atoms with Gasteiger partial charge in [0.05, 0.1) is 26.2 Å². The number of halogens is 1. The number of anilines is 1. The van der Waals surface area contributed by atoms with E-state index in [4.69, 9.17) is 20.8 Å². The molecule has 0 aliphatic carbocycles. The Bertz CT molecular complexity index is 1030. The number of piperazine rings is 1. The second-order valence-electron chi connectivity index (χ2n) is 7.64. The van der Waals surface area contributed by atoms with Crippen LogP contribution in [-0.2, 0) is 6.54 Å². The molecule has 156 valence electrons. The molecule has 4 rings (SSSR count). The summed E-state index contributed by atoms with van der Waals surface area (Å²) in [6.07, 6.45) is 1.23. The Balaban J connectivity index is 1.33. The summed E-state index contributed by atoms with van der Waals surface area (Å²) in [4.78, 5) is 16.2. The highest BCUT2D eigenvalue weighted by molar-refractivity contribution is 6.30. The molecular weight excluding hydrogens is 400 g/mol. The molecule has 1 atom stereocenters. The van der Waals surface area contributed by atoms with Crippen LogP contribution in [0.4, 0.5) is 5.69 Å². The Kier molecular flexibility index (Phi) is 6.41. The first-order chi connectivity index (χ1) is 14.6. The molecule has 1 aliphatic rings. The van der Waals surface area contributed by atoms with Crippen LogP contribution in [0.2, 0.25) is 5.02 Å². The first kappa shape index (κ1) is 20.5. The Labute approximate surface area is 181 Å². The molecule has 1 aliphatic heterocycles. The summed E-state index contributed by atoms with van der Waals surface area (Å²) < 4.78 is 11.5. The van der Waals surface area contributed by atoms with Gasteiger partial charge in [-0.1, -0.05) is 48.0 Å². The zero-order chi connectivity index (χ0) is 20.9. The fourth-order valence-electron chi connectivity index (χ4n) is 3.78. The highest BCUT2D eigenvalue weighted by atomic mass is 35.5. The van der Waals surface area contributed by atoms with Crippen LogP contribution in [0.25, 0.3) is 0 Å². The minimum Gasteiger partial charge on any atom is -0.479 e. The molecule has 0 unspecified atom stereocenters. The Morgan fingerprint density at radius 2 is 1.87 bits per heavy atom. The summed E-state index contributed by atoms with van der Waals surface area (Å²) in [7, 11) is 0. The number of rotatable bonds is 6. The van der Waals surface area contributed by atoms with Crippen molar-refractivity contribution in [3.8, 4) is 5.75 Å². The van der Waals surface area contributed by atoms with Crippen molar-refractivity contribution in [2.75, 3.05) is 31.1 Å². The molecule has 1 fully saturated rings. The summed E-state index contributed by atoms with van der Waals surface area (Å²) in [5, 5.41) is 0.757. The van der Waals surface area contributed by atoms with Gasteiger partial charge in [-0.05, 0) is 30.7 Å². The average Bonchev–Trinajstić information content (AvgIpc) is 2.77. The van der Waals surface area contributed by atoms with Gasteiger partial charge >= 0.3 is 0 Å². The van der Waals surface area contributed by atoms with Gasteiger partial charge in [-0.2, -0.15) is 0 Å². The zero-order valence-corrected chi connectivity index (χ0v) is 17.8. The molecule has 0 bridgehead atoms. The van der Waals surface area contributed by atoms with E-state index in [1.807, 2.05) is 55.5 Å².